The Morgan fingerprint density at radius 2 is 1.93 bits per heavy atom. The zero-order valence-electron chi connectivity index (χ0n) is 7.72. The number of nitrogens with zero attached hydrogens (tertiary/aromatic N) is 1. The van der Waals surface area contributed by atoms with Crippen molar-refractivity contribution < 1.29 is 0 Å². The summed E-state index contributed by atoms with van der Waals surface area (Å²) in [6.45, 7) is 0.484. The van der Waals surface area contributed by atoms with Crippen LogP contribution in [-0.2, 0) is 13.6 Å². The van der Waals surface area contributed by atoms with Crippen LogP contribution < -0.4 is 5.73 Å². The first-order valence-corrected chi connectivity index (χ1v) is 5.03. The molecule has 0 aliphatic rings. The van der Waals surface area contributed by atoms with Gasteiger partial charge in [-0.1, -0.05) is 23.2 Å². The molecule has 1 heterocycles. The Kier molecular flexibility index (Phi) is 2.43. The van der Waals surface area contributed by atoms with E-state index in [4.69, 9.17) is 28.9 Å². The molecule has 2 rings (SSSR count). The molecule has 0 bridgehead atoms. The van der Waals surface area contributed by atoms with E-state index in [9.17, 15) is 0 Å². The van der Waals surface area contributed by atoms with E-state index < -0.39 is 0 Å². The SMILES string of the molecule is Cn1c(CN)cc2c(Cl)ccc(Cl)c21. The smallest absolute Gasteiger partial charge is 0.0684 e. The van der Waals surface area contributed by atoms with Crippen LogP contribution in [0.2, 0.25) is 10.0 Å². The van der Waals surface area contributed by atoms with Gasteiger partial charge in [-0.3, -0.25) is 0 Å². The average molecular weight is 229 g/mol. The van der Waals surface area contributed by atoms with E-state index in [1.54, 1.807) is 12.1 Å². The second-order valence-electron chi connectivity index (χ2n) is 3.19. The molecule has 0 spiro atoms. The highest BCUT2D eigenvalue weighted by molar-refractivity contribution is 6.40. The van der Waals surface area contributed by atoms with Crippen molar-refractivity contribution in [1.82, 2.24) is 4.57 Å². The molecule has 0 aliphatic heterocycles. The molecule has 0 atom stereocenters. The van der Waals surface area contributed by atoms with Gasteiger partial charge in [0.25, 0.3) is 0 Å². The fraction of sp³-hybridized carbons (Fsp3) is 0.200. The summed E-state index contributed by atoms with van der Waals surface area (Å²) in [6, 6.07) is 5.57. The fourth-order valence-electron chi connectivity index (χ4n) is 1.64. The highest BCUT2D eigenvalue weighted by Crippen LogP contribution is 2.31. The quantitative estimate of drug-likeness (QED) is 0.800. The first-order chi connectivity index (χ1) is 6.65. The molecule has 1 aromatic carbocycles. The van der Waals surface area contributed by atoms with E-state index in [0.29, 0.717) is 16.6 Å². The number of halogens is 2. The lowest BCUT2D eigenvalue weighted by Crippen LogP contribution is -2.02. The third-order valence-electron chi connectivity index (χ3n) is 2.40. The molecule has 2 N–H and O–H groups in total. The first kappa shape index (κ1) is 9.84. The summed E-state index contributed by atoms with van der Waals surface area (Å²) in [7, 11) is 1.94. The zero-order chi connectivity index (χ0) is 10.3. The van der Waals surface area contributed by atoms with Gasteiger partial charge in [0, 0.05) is 24.7 Å². The van der Waals surface area contributed by atoms with E-state index >= 15 is 0 Å². The minimum absolute atomic E-state index is 0.484. The minimum atomic E-state index is 0.484. The predicted molar refractivity (Wildman–Crippen MR) is 60.8 cm³/mol. The van der Waals surface area contributed by atoms with Crippen LogP contribution in [0.25, 0.3) is 10.9 Å². The third-order valence-corrected chi connectivity index (χ3v) is 3.04. The first-order valence-electron chi connectivity index (χ1n) is 4.27. The Hall–Kier alpha value is -0.700. The van der Waals surface area contributed by atoms with Gasteiger partial charge in [-0.15, -0.1) is 0 Å². The lowest BCUT2D eigenvalue weighted by molar-refractivity contribution is 0.849. The summed E-state index contributed by atoms with van der Waals surface area (Å²) in [5.74, 6) is 0. The maximum absolute atomic E-state index is 6.08. The average Bonchev–Trinajstić information content (AvgIpc) is 2.51. The van der Waals surface area contributed by atoms with Crippen molar-refractivity contribution >= 4 is 34.1 Å². The number of fused-ring (bicyclic) bond motifs is 1. The second-order valence-corrected chi connectivity index (χ2v) is 4.00. The summed E-state index contributed by atoms with van der Waals surface area (Å²) in [6.07, 6.45) is 0. The lowest BCUT2D eigenvalue weighted by atomic mass is 10.2. The largest absolute Gasteiger partial charge is 0.345 e. The predicted octanol–water partition coefficient (Wildman–Crippen LogP) is 2.94. The van der Waals surface area contributed by atoms with Crippen LogP contribution in [-0.4, -0.2) is 4.57 Å². The van der Waals surface area contributed by atoms with Crippen molar-refractivity contribution in [2.24, 2.45) is 12.8 Å². The maximum atomic E-state index is 6.08. The molecule has 0 fully saturated rings. The molecule has 14 heavy (non-hydrogen) atoms. The van der Waals surface area contributed by atoms with Crippen molar-refractivity contribution in [3.63, 3.8) is 0 Å². The van der Waals surface area contributed by atoms with Gasteiger partial charge in [-0.05, 0) is 18.2 Å². The number of hydrogen-bond acceptors (Lipinski definition) is 1. The Balaban J connectivity index is 2.90. The molecule has 0 aliphatic carbocycles. The monoisotopic (exact) mass is 228 g/mol. The van der Waals surface area contributed by atoms with Crippen LogP contribution in [0.15, 0.2) is 18.2 Å². The number of hydrogen-bond donors (Lipinski definition) is 1. The van der Waals surface area contributed by atoms with Crippen molar-refractivity contribution in [2.45, 2.75) is 6.54 Å². The molecule has 1 aromatic heterocycles. The summed E-state index contributed by atoms with van der Waals surface area (Å²) in [5, 5.41) is 2.37. The van der Waals surface area contributed by atoms with Crippen molar-refractivity contribution in [1.29, 1.82) is 0 Å². The summed E-state index contributed by atoms with van der Waals surface area (Å²) < 4.78 is 1.98. The van der Waals surface area contributed by atoms with Crippen LogP contribution >= 0.6 is 23.2 Å². The van der Waals surface area contributed by atoms with E-state index in [2.05, 4.69) is 0 Å². The summed E-state index contributed by atoms with van der Waals surface area (Å²) in [5.41, 5.74) is 7.57. The number of rotatable bonds is 1. The van der Waals surface area contributed by atoms with Crippen molar-refractivity contribution in [3.05, 3.63) is 33.9 Å². The maximum Gasteiger partial charge on any atom is 0.0684 e. The van der Waals surface area contributed by atoms with Crippen molar-refractivity contribution in [3.8, 4) is 0 Å². The molecule has 0 saturated carbocycles. The minimum Gasteiger partial charge on any atom is -0.345 e. The van der Waals surface area contributed by atoms with Crippen LogP contribution in [0.1, 0.15) is 5.69 Å². The third kappa shape index (κ3) is 1.31. The molecule has 74 valence electrons. The highest BCUT2D eigenvalue weighted by atomic mass is 35.5. The van der Waals surface area contributed by atoms with Gasteiger partial charge in [0.1, 0.15) is 0 Å². The van der Waals surface area contributed by atoms with Gasteiger partial charge in [0.2, 0.25) is 0 Å². The molecule has 4 heteroatoms. The molecule has 0 amide bonds. The van der Waals surface area contributed by atoms with E-state index in [1.807, 2.05) is 17.7 Å². The van der Waals surface area contributed by atoms with E-state index in [1.165, 1.54) is 0 Å². The molecule has 2 aromatic rings. The fourth-order valence-corrected chi connectivity index (χ4v) is 2.14. The normalized spacial score (nSPS) is 11.1. The Labute approximate surface area is 92.2 Å². The number of aryl methyl sites for hydroxylation is 1. The Morgan fingerprint density at radius 1 is 1.29 bits per heavy atom. The van der Waals surface area contributed by atoms with Gasteiger partial charge in [-0.2, -0.15) is 0 Å². The van der Waals surface area contributed by atoms with E-state index in [0.717, 1.165) is 16.6 Å². The molecular formula is C10H10Cl2N2. The van der Waals surface area contributed by atoms with Gasteiger partial charge < -0.3 is 10.3 Å². The Morgan fingerprint density at radius 3 is 2.50 bits per heavy atom. The lowest BCUT2D eigenvalue weighted by Gasteiger charge is -2.02. The molecule has 0 unspecified atom stereocenters. The standard InChI is InChI=1S/C10H10Cl2N2/c1-14-6(5-13)4-7-8(11)2-3-9(12)10(7)14/h2-4H,5,13H2,1H3. The number of nitrogens with two attached hydrogens (primary N) is 1. The summed E-state index contributed by atoms with van der Waals surface area (Å²) in [4.78, 5) is 0. The van der Waals surface area contributed by atoms with E-state index in [-0.39, 0.29) is 0 Å². The topological polar surface area (TPSA) is 30.9 Å². The number of benzene rings is 1. The number of aromatic nitrogens is 1. The molecular weight excluding hydrogens is 219 g/mol. The second kappa shape index (κ2) is 3.46. The molecule has 0 saturated heterocycles. The van der Waals surface area contributed by atoms with Gasteiger partial charge >= 0.3 is 0 Å². The Bertz CT molecular complexity index is 488. The highest BCUT2D eigenvalue weighted by Gasteiger charge is 2.10. The molecule has 2 nitrogen and oxygen atoms in total. The van der Waals surface area contributed by atoms with Crippen LogP contribution in [0.3, 0.4) is 0 Å². The zero-order valence-corrected chi connectivity index (χ0v) is 9.23. The summed E-state index contributed by atoms with van der Waals surface area (Å²) >= 11 is 12.1. The van der Waals surface area contributed by atoms with Crippen LogP contribution in [0.5, 0.6) is 0 Å². The van der Waals surface area contributed by atoms with Gasteiger partial charge in [0.15, 0.2) is 0 Å². The van der Waals surface area contributed by atoms with Crippen LogP contribution in [0.4, 0.5) is 0 Å². The molecule has 0 radical (unpaired) electrons. The van der Waals surface area contributed by atoms with Gasteiger partial charge in [0.05, 0.1) is 15.6 Å². The van der Waals surface area contributed by atoms with Gasteiger partial charge in [-0.25, -0.2) is 0 Å². The van der Waals surface area contributed by atoms with Crippen molar-refractivity contribution in [2.75, 3.05) is 0 Å². The van der Waals surface area contributed by atoms with Crippen LogP contribution in [0, 0.1) is 0 Å².